The number of imide groups is 1. The molecule has 0 N–H and O–H groups in total. The molecule has 2 amide bonds. The molecule has 0 saturated carbocycles. The minimum absolute atomic E-state index is 0.142. The molecule has 6 heteroatoms. The quantitative estimate of drug-likeness (QED) is 0.745. The normalized spacial score (nSPS) is 37.5. The van der Waals surface area contributed by atoms with Crippen LogP contribution in [0.15, 0.2) is 18.2 Å². The summed E-state index contributed by atoms with van der Waals surface area (Å²) in [4.78, 5) is 26.7. The fourth-order valence-corrected chi connectivity index (χ4v) is 4.52. The van der Waals surface area contributed by atoms with E-state index >= 15 is 0 Å². The molecule has 3 aliphatic rings. The summed E-state index contributed by atoms with van der Waals surface area (Å²) in [6.07, 6.45) is 1.51. The van der Waals surface area contributed by atoms with Crippen molar-refractivity contribution in [3.63, 3.8) is 0 Å². The van der Waals surface area contributed by atoms with Gasteiger partial charge in [0.25, 0.3) is 0 Å². The maximum absolute atomic E-state index is 12.8. The summed E-state index contributed by atoms with van der Waals surface area (Å²) in [5.41, 5.74) is -0.0703. The molecule has 3 saturated heterocycles. The summed E-state index contributed by atoms with van der Waals surface area (Å²) < 4.78 is 5.88. The lowest BCUT2D eigenvalue weighted by Crippen LogP contribution is -2.39. The van der Waals surface area contributed by atoms with Crippen molar-refractivity contribution >= 4 is 40.7 Å². The highest BCUT2D eigenvalue weighted by molar-refractivity contribution is 6.35. The molecule has 110 valence electrons. The van der Waals surface area contributed by atoms with Crippen molar-refractivity contribution in [1.29, 1.82) is 0 Å². The first kappa shape index (κ1) is 13.6. The third-order valence-corrected chi connectivity index (χ3v) is 5.30. The van der Waals surface area contributed by atoms with Crippen LogP contribution in [0.5, 0.6) is 0 Å². The lowest BCUT2D eigenvalue weighted by Gasteiger charge is -2.26. The van der Waals surface area contributed by atoms with Gasteiger partial charge < -0.3 is 4.74 Å². The number of hydrogen-bond acceptors (Lipinski definition) is 3. The summed E-state index contributed by atoms with van der Waals surface area (Å²) in [7, 11) is 0. The highest BCUT2D eigenvalue weighted by atomic mass is 35.5. The second-order valence-electron chi connectivity index (χ2n) is 6.15. The third kappa shape index (κ3) is 1.73. The van der Waals surface area contributed by atoms with Crippen molar-refractivity contribution in [2.24, 2.45) is 11.8 Å². The smallest absolute Gasteiger partial charge is 0.240 e. The van der Waals surface area contributed by atoms with Crippen molar-refractivity contribution in [1.82, 2.24) is 0 Å². The summed E-state index contributed by atoms with van der Waals surface area (Å²) in [6.45, 7) is 1.93. The number of nitrogens with zero attached hydrogens (tertiary/aromatic N) is 1. The minimum atomic E-state index is -0.515. The molecule has 1 aromatic carbocycles. The molecule has 0 aliphatic carbocycles. The second kappa shape index (κ2) is 4.22. The number of ether oxygens (including phenoxy) is 1. The van der Waals surface area contributed by atoms with Gasteiger partial charge in [0.2, 0.25) is 11.8 Å². The van der Waals surface area contributed by atoms with Gasteiger partial charge in [-0.2, -0.15) is 0 Å². The fourth-order valence-electron chi connectivity index (χ4n) is 4.00. The number of carbonyl (C=O) groups is 2. The molecular formula is C15H13Cl2NO3. The lowest BCUT2D eigenvalue weighted by atomic mass is 9.74. The van der Waals surface area contributed by atoms with E-state index in [-0.39, 0.29) is 29.8 Å². The van der Waals surface area contributed by atoms with E-state index in [9.17, 15) is 9.59 Å². The van der Waals surface area contributed by atoms with Crippen LogP contribution in [0.2, 0.25) is 10.0 Å². The molecule has 2 bridgehead atoms. The molecule has 4 rings (SSSR count). The summed E-state index contributed by atoms with van der Waals surface area (Å²) >= 11 is 12.0. The van der Waals surface area contributed by atoms with Gasteiger partial charge in [-0.1, -0.05) is 23.2 Å². The van der Waals surface area contributed by atoms with Crippen LogP contribution < -0.4 is 4.90 Å². The van der Waals surface area contributed by atoms with Crippen LogP contribution in [0.3, 0.4) is 0 Å². The molecule has 4 atom stereocenters. The first-order valence-electron chi connectivity index (χ1n) is 6.92. The van der Waals surface area contributed by atoms with Crippen LogP contribution in [-0.4, -0.2) is 23.5 Å². The zero-order valence-corrected chi connectivity index (χ0v) is 12.8. The van der Waals surface area contributed by atoms with Gasteiger partial charge >= 0.3 is 0 Å². The monoisotopic (exact) mass is 325 g/mol. The molecule has 3 aliphatic heterocycles. The Labute approximate surface area is 132 Å². The number of rotatable bonds is 1. The molecule has 4 nitrogen and oxygen atoms in total. The van der Waals surface area contributed by atoms with Gasteiger partial charge in [-0.15, -0.1) is 0 Å². The predicted octanol–water partition coefficient (Wildman–Crippen LogP) is 3.05. The summed E-state index contributed by atoms with van der Waals surface area (Å²) in [5, 5.41) is 0.807. The second-order valence-corrected chi connectivity index (χ2v) is 7.02. The first-order valence-corrected chi connectivity index (χ1v) is 7.68. The van der Waals surface area contributed by atoms with Crippen molar-refractivity contribution < 1.29 is 14.3 Å². The number of carbonyl (C=O) groups excluding carboxylic acids is 2. The van der Waals surface area contributed by atoms with E-state index in [1.807, 2.05) is 6.92 Å². The van der Waals surface area contributed by atoms with E-state index in [4.69, 9.17) is 27.9 Å². The molecule has 3 fully saturated rings. The Morgan fingerprint density at radius 1 is 1.19 bits per heavy atom. The molecule has 3 heterocycles. The minimum Gasteiger partial charge on any atom is -0.370 e. The van der Waals surface area contributed by atoms with E-state index in [0.717, 1.165) is 12.8 Å². The third-order valence-electron chi connectivity index (χ3n) is 4.86. The topological polar surface area (TPSA) is 46.6 Å². The van der Waals surface area contributed by atoms with Crippen LogP contribution in [-0.2, 0) is 14.3 Å². The van der Waals surface area contributed by atoms with Crippen LogP contribution in [0, 0.1) is 11.8 Å². The van der Waals surface area contributed by atoms with Gasteiger partial charge in [-0.25, -0.2) is 4.90 Å². The van der Waals surface area contributed by atoms with E-state index in [2.05, 4.69) is 0 Å². The van der Waals surface area contributed by atoms with Crippen molar-refractivity contribution in [2.45, 2.75) is 31.5 Å². The Hall–Kier alpha value is -1.10. The number of hydrogen-bond donors (Lipinski definition) is 0. The number of amides is 2. The van der Waals surface area contributed by atoms with Crippen LogP contribution in [0.4, 0.5) is 5.69 Å². The standard InChI is InChI=1S/C15H13Cl2NO3/c1-15-3-2-10(21-15)11-12(15)14(20)18(13(11)19)9-5-7(16)4-8(17)6-9/h4-6,10-12H,2-3H2,1H3/t10?,11-,12?,15?/m1/s1. The number of benzene rings is 1. The molecule has 21 heavy (non-hydrogen) atoms. The first-order chi connectivity index (χ1) is 9.90. The van der Waals surface area contributed by atoms with Crippen molar-refractivity contribution in [3.8, 4) is 0 Å². The zero-order valence-electron chi connectivity index (χ0n) is 11.3. The van der Waals surface area contributed by atoms with Crippen molar-refractivity contribution in [2.75, 3.05) is 4.90 Å². The Morgan fingerprint density at radius 3 is 2.48 bits per heavy atom. The largest absolute Gasteiger partial charge is 0.370 e. The summed E-state index contributed by atoms with van der Waals surface area (Å²) in [5.74, 6) is -1.15. The van der Waals surface area contributed by atoms with Gasteiger partial charge in [0.15, 0.2) is 0 Å². The van der Waals surface area contributed by atoms with Gasteiger partial charge in [-0.3, -0.25) is 9.59 Å². The number of halogens is 2. The fraction of sp³-hybridized carbons (Fsp3) is 0.467. The Morgan fingerprint density at radius 2 is 1.86 bits per heavy atom. The average Bonchev–Trinajstić information content (AvgIpc) is 2.98. The molecule has 1 aromatic rings. The Kier molecular flexibility index (Phi) is 2.72. The van der Waals surface area contributed by atoms with Gasteiger partial charge in [0.1, 0.15) is 0 Å². The maximum atomic E-state index is 12.8. The molecule has 3 unspecified atom stereocenters. The van der Waals surface area contributed by atoms with Gasteiger partial charge in [-0.05, 0) is 38.0 Å². The van der Waals surface area contributed by atoms with Crippen molar-refractivity contribution in [3.05, 3.63) is 28.2 Å². The SMILES string of the molecule is CC12CCC(O1)[C@H]1C(=O)N(c3cc(Cl)cc(Cl)c3)C(=O)C12. The maximum Gasteiger partial charge on any atom is 0.240 e. The predicted molar refractivity (Wildman–Crippen MR) is 78.4 cm³/mol. The highest BCUT2D eigenvalue weighted by Gasteiger charge is 2.67. The van der Waals surface area contributed by atoms with E-state index in [1.165, 1.54) is 4.90 Å². The number of anilines is 1. The van der Waals surface area contributed by atoms with Gasteiger partial charge in [0.05, 0.1) is 29.2 Å². The van der Waals surface area contributed by atoms with Gasteiger partial charge in [0, 0.05) is 10.0 Å². The average molecular weight is 326 g/mol. The molecular weight excluding hydrogens is 313 g/mol. The summed E-state index contributed by atoms with van der Waals surface area (Å²) in [6, 6.07) is 4.76. The van der Waals surface area contributed by atoms with Crippen LogP contribution in [0.25, 0.3) is 0 Å². The Balaban J connectivity index is 1.79. The molecule has 0 radical (unpaired) electrons. The zero-order chi connectivity index (χ0) is 14.9. The molecule has 0 aromatic heterocycles. The van der Waals surface area contributed by atoms with E-state index in [1.54, 1.807) is 18.2 Å². The van der Waals surface area contributed by atoms with E-state index < -0.39 is 5.60 Å². The lowest BCUT2D eigenvalue weighted by molar-refractivity contribution is -0.126. The molecule has 0 spiro atoms. The van der Waals surface area contributed by atoms with Crippen LogP contribution >= 0.6 is 23.2 Å². The number of fused-ring (bicyclic) bond motifs is 5. The highest BCUT2D eigenvalue weighted by Crippen LogP contribution is 2.55. The van der Waals surface area contributed by atoms with E-state index in [0.29, 0.717) is 15.7 Å². The van der Waals surface area contributed by atoms with Crippen LogP contribution in [0.1, 0.15) is 19.8 Å². The Bertz CT molecular complexity index is 657.